The van der Waals surface area contributed by atoms with Gasteiger partial charge in [-0.05, 0) is 41.3 Å². The second-order valence-corrected chi connectivity index (χ2v) is 9.44. The van der Waals surface area contributed by atoms with Gasteiger partial charge in [0.15, 0.2) is 17.3 Å². The van der Waals surface area contributed by atoms with Crippen LogP contribution in [0.1, 0.15) is 44.1 Å². The first-order chi connectivity index (χ1) is 17.0. The fraction of sp³-hybridized carbons (Fsp3) is 0.583. The van der Waals surface area contributed by atoms with Gasteiger partial charge in [0.2, 0.25) is 0 Å². The molecule has 2 aliphatic heterocycles. The molecule has 4 heterocycles. The number of aromatic nitrogens is 5. The Balaban J connectivity index is 1.46. The number of aliphatic hydroxyl groups excluding tert-OH is 1. The van der Waals surface area contributed by atoms with Crippen LogP contribution < -0.4 is 15.0 Å². The van der Waals surface area contributed by atoms with Gasteiger partial charge in [-0.1, -0.05) is 13.8 Å². The smallest absolute Gasteiger partial charge is 0.252 e. The van der Waals surface area contributed by atoms with Gasteiger partial charge in [-0.15, -0.1) is 5.10 Å². The van der Waals surface area contributed by atoms with Crippen LogP contribution in [0.4, 0.5) is 0 Å². The van der Waals surface area contributed by atoms with E-state index in [0.717, 1.165) is 24.8 Å². The van der Waals surface area contributed by atoms with Gasteiger partial charge in [0.25, 0.3) is 5.56 Å². The number of tetrazole rings is 1. The number of hydrogen-bond donors (Lipinski definition) is 2. The first-order valence-corrected chi connectivity index (χ1v) is 12.2. The van der Waals surface area contributed by atoms with Gasteiger partial charge in [-0.3, -0.25) is 9.69 Å². The van der Waals surface area contributed by atoms with Crippen molar-refractivity contribution in [3.8, 4) is 11.5 Å². The Kier molecular flexibility index (Phi) is 6.98. The number of ether oxygens (including phenoxy) is 3. The Bertz CT molecular complexity index is 1220. The number of rotatable bonds is 9. The van der Waals surface area contributed by atoms with Crippen molar-refractivity contribution in [1.82, 2.24) is 30.1 Å². The average Bonchev–Trinajstić information content (AvgIpc) is 3.51. The molecular formula is C24H32N6O5. The number of H-pyrrole nitrogens is 1. The lowest BCUT2D eigenvalue weighted by Crippen LogP contribution is -2.37. The maximum atomic E-state index is 13.0. The standard InChI is InChI=1S/C24H32N6O5/c1-15(2)22(23-26-27-28-30(23)14-18-4-3-7-33-18)29(5-6-31)13-17-10-16-11-20-21(35-9-8-34-20)12-19(16)25-24(17)32/h10-12,15,18,22,31H,3-9,13-14H2,1-2H3,(H,25,32)/t18-,22+/m0/s1. The predicted octanol–water partition coefficient (Wildman–Crippen LogP) is 1.66. The van der Waals surface area contributed by atoms with Crippen molar-refractivity contribution in [3.05, 3.63) is 39.9 Å². The molecule has 0 unspecified atom stereocenters. The molecule has 188 valence electrons. The van der Waals surface area contributed by atoms with Crippen molar-refractivity contribution in [2.75, 3.05) is 33.0 Å². The molecule has 0 radical (unpaired) electrons. The van der Waals surface area contributed by atoms with E-state index in [0.29, 0.717) is 61.3 Å². The number of fused-ring (bicyclic) bond motifs is 2. The summed E-state index contributed by atoms with van der Waals surface area (Å²) in [5.41, 5.74) is 1.10. The summed E-state index contributed by atoms with van der Waals surface area (Å²) in [5, 5.41) is 23.3. The third-order valence-corrected chi connectivity index (χ3v) is 6.59. The number of aliphatic hydroxyl groups is 1. The largest absolute Gasteiger partial charge is 0.486 e. The monoisotopic (exact) mass is 484 g/mol. The van der Waals surface area contributed by atoms with E-state index in [1.165, 1.54) is 0 Å². The summed E-state index contributed by atoms with van der Waals surface area (Å²) in [6.45, 7) is 7.16. The van der Waals surface area contributed by atoms with E-state index >= 15 is 0 Å². The Morgan fingerprint density at radius 2 is 2.00 bits per heavy atom. The Hall–Kier alpha value is -3.02. The van der Waals surface area contributed by atoms with Crippen LogP contribution in [0, 0.1) is 5.92 Å². The van der Waals surface area contributed by atoms with Crippen molar-refractivity contribution in [2.45, 2.75) is 51.9 Å². The Labute approximate surface area is 203 Å². The SMILES string of the molecule is CC(C)[C@H](c1nnnn1C[C@@H]1CCCO1)N(CCO)Cc1cc2cc3c(cc2[nH]c1=O)OCCO3. The van der Waals surface area contributed by atoms with E-state index in [2.05, 4.69) is 39.3 Å². The molecule has 0 bridgehead atoms. The normalized spacial score (nSPS) is 18.6. The second kappa shape index (κ2) is 10.3. The molecule has 0 aliphatic carbocycles. The van der Waals surface area contributed by atoms with Gasteiger partial charge in [-0.2, -0.15) is 0 Å². The van der Waals surface area contributed by atoms with Crippen LogP contribution in [-0.2, 0) is 17.8 Å². The summed E-state index contributed by atoms with van der Waals surface area (Å²) in [5.74, 6) is 2.14. The highest BCUT2D eigenvalue weighted by Gasteiger charge is 2.31. The van der Waals surface area contributed by atoms with Gasteiger partial charge < -0.3 is 24.3 Å². The highest BCUT2D eigenvalue weighted by molar-refractivity contribution is 5.83. The summed E-state index contributed by atoms with van der Waals surface area (Å²) in [6, 6.07) is 5.37. The van der Waals surface area contributed by atoms with Crippen LogP contribution in [0.3, 0.4) is 0 Å². The summed E-state index contributed by atoms with van der Waals surface area (Å²) in [7, 11) is 0. The molecule has 0 amide bonds. The minimum atomic E-state index is -0.200. The number of nitrogens with zero attached hydrogens (tertiary/aromatic N) is 5. The average molecular weight is 485 g/mol. The molecule has 1 aromatic carbocycles. The van der Waals surface area contributed by atoms with Gasteiger partial charge in [0.1, 0.15) is 13.2 Å². The molecule has 35 heavy (non-hydrogen) atoms. The fourth-order valence-corrected chi connectivity index (χ4v) is 4.99. The van der Waals surface area contributed by atoms with Gasteiger partial charge in [-0.25, -0.2) is 4.68 Å². The van der Waals surface area contributed by atoms with Crippen molar-refractivity contribution in [2.24, 2.45) is 5.92 Å². The van der Waals surface area contributed by atoms with E-state index in [9.17, 15) is 9.90 Å². The van der Waals surface area contributed by atoms with Crippen LogP contribution in [-0.4, -0.2) is 74.3 Å². The van der Waals surface area contributed by atoms with Crippen molar-refractivity contribution >= 4 is 10.9 Å². The third kappa shape index (κ3) is 5.02. The first kappa shape index (κ1) is 23.7. The number of pyridine rings is 1. The minimum absolute atomic E-state index is 0.0549. The van der Waals surface area contributed by atoms with Crippen LogP contribution in [0.15, 0.2) is 23.0 Å². The van der Waals surface area contributed by atoms with E-state index < -0.39 is 0 Å². The molecule has 1 saturated heterocycles. The summed E-state index contributed by atoms with van der Waals surface area (Å²) in [4.78, 5) is 18.1. The molecule has 2 atom stereocenters. The lowest BCUT2D eigenvalue weighted by molar-refractivity contribution is 0.0819. The molecule has 0 saturated carbocycles. The van der Waals surface area contributed by atoms with Crippen molar-refractivity contribution < 1.29 is 19.3 Å². The molecule has 2 aromatic heterocycles. The second-order valence-electron chi connectivity index (χ2n) is 9.44. The fourth-order valence-electron chi connectivity index (χ4n) is 4.99. The molecule has 5 rings (SSSR count). The van der Waals surface area contributed by atoms with E-state index in [4.69, 9.17) is 14.2 Å². The molecule has 2 aliphatic rings. The lowest BCUT2D eigenvalue weighted by Gasteiger charge is -2.33. The van der Waals surface area contributed by atoms with Crippen molar-refractivity contribution in [3.63, 3.8) is 0 Å². The zero-order valence-electron chi connectivity index (χ0n) is 20.1. The number of benzene rings is 1. The van der Waals surface area contributed by atoms with Crippen molar-refractivity contribution in [1.29, 1.82) is 0 Å². The summed E-state index contributed by atoms with van der Waals surface area (Å²) in [6.07, 6.45) is 2.12. The minimum Gasteiger partial charge on any atom is -0.486 e. The lowest BCUT2D eigenvalue weighted by atomic mass is 10.00. The molecular weight excluding hydrogens is 452 g/mol. The number of aromatic amines is 1. The van der Waals surface area contributed by atoms with Gasteiger partial charge in [0.05, 0.1) is 30.8 Å². The Morgan fingerprint density at radius 1 is 1.20 bits per heavy atom. The molecule has 2 N–H and O–H groups in total. The van der Waals surface area contributed by atoms with Gasteiger partial charge in [0, 0.05) is 36.7 Å². The first-order valence-electron chi connectivity index (χ1n) is 12.2. The highest BCUT2D eigenvalue weighted by Crippen LogP contribution is 2.34. The van der Waals surface area contributed by atoms with E-state index in [1.54, 1.807) is 10.7 Å². The van der Waals surface area contributed by atoms with Crippen LogP contribution >= 0.6 is 0 Å². The number of nitrogens with one attached hydrogen (secondary N) is 1. The molecule has 3 aromatic rings. The predicted molar refractivity (Wildman–Crippen MR) is 127 cm³/mol. The zero-order chi connectivity index (χ0) is 24.4. The third-order valence-electron chi connectivity index (χ3n) is 6.59. The van der Waals surface area contributed by atoms with Crippen LogP contribution in [0.5, 0.6) is 11.5 Å². The molecule has 11 nitrogen and oxygen atoms in total. The summed E-state index contributed by atoms with van der Waals surface area (Å²) < 4.78 is 18.9. The van der Waals surface area contributed by atoms with E-state index in [-0.39, 0.29) is 30.2 Å². The molecule has 1 fully saturated rings. The number of hydrogen-bond acceptors (Lipinski definition) is 9. The Morgan fingerprint density at radius 3 is 2.71 bits per heavy atom. The highest BCUT2D eigenvalue weighted by atomic mass is 16.6. The van der Waals surface area contributed by atoms with Gasteiger partial charge >= 0.3 is 0 Å². The van der Waals surface area contributed by atoms with Crippen LogP contribution in [0.2, 0.25) is 0 Å². The topological polar surface area (TPSA) is 128 Å². The summed E-state index contributed by atoms with van der Waals surface area (Å²) >= 11 is 0. The quantitative estimate of drug-likeness (QED) is 0.466. The van der Waals surface area contributed by atoms with E-state index in [1.807, 2.05) is 12.1 Å². The maximum Gasteiger partial charge on any atom is 0.252 e. The zero-order valence-corrected chi connectivity index (χ0v) is 20.1. The molecule has 11 heteroatoms. The van der Waals surface area contributed by atoms with Crippen LogP contribution in [0.25, 0.3) is 10.9 Å². The molecule has 0 spiro atoms. The maximum absolute atomic E-state index is 13.0.